The van der Waals surface area contributed by atoms with E-state index >= 15 is 0 Å². The van der Waals surface area contributed by atoms with Gasteiger partial charge in [-0.05, 0) is 36.5 Å². The lowest BCUT2D eigenvalue weighted by molar-refractivity contribution is -0.111. The van der Waals surface area contributed by atoms with Crippen LogP contribution in [0.1, 0.15) is 39.5 Å². The van der Waals surface area contributed by atoms with Gasteiger partial charge in [0.15, 0.2) is 5.12 Å². The van der Waals surface area contributed by atoms with Gasteiger partial charge in [-0.1, -0.05) is 50.2 Å². The van der Waals surface area contributed by atoms with Crippen LogP contribution in [-0.4, -0.2) is 21.2 Å². The van der Waals surface area contributed by atoms with Crippen molar-refractivity contribution in [3.05, 3.63) is 30.3 Å². The highest BCUT2D eigenvalue weighted by atomic mass is 32.2. The van der Waals surface area contributed by atoms with E-state index in [1.165, 1.54) is 29.7 Å². The summed E-state index contributed by atoms with van der Waals surface area (Å²) < 4.78 is 0.710. The van der Waals surface area contributed by atoms with Crippen LogP contribution in [0.25, 0.3) is 0 Å². The van der Waals surface area contributed by atoms with Crippen LogP contribution in [0, 0.1) is 0 Å². The molecule has 0 fully saturated rings. The van der Waals surface area contributed by atoms with Gasteiger partial charge in [-0.15, -0.1) is 23.5 Å². The first kappa shape index (κ1) is 18.0. The minimum Gasteiger partial charge on any atom is -0.287 e. The SMILES string of the molecule is CCSC(CCCCC(=O)Sc1ccccc1)SCC. The Kier molecular flexibility index (Phi) is 10.4. The molecule has 0 saturated heterocycles. The van der Waals surface area contributed by atoms with E-state index < -0.39 is 0 Å². The zero-order chi connectivity index (χ0) is 14.6. The molecule has 112 valence electrons. The number of rotatable bonds is 10. The molecule has 0 aliphatic carbocycles. The van der Waals surface area contributed by atoms with Crippen molar-refractivity contribution in [1.29, 1.82) is 0 Å². The number of hydrogen-bond donors (Lipinski definition) is 0. The highest BCUT2D eigenvalue weighted by molar-refractivity contribution is 8.17. The number of thioether (sulfide) groups is 3. The van der Waals surface area contributed by atoms with Gasteiger partial charge >= 0.3 is 0 Å². The fraction of sp³-hybridized carbons (Fsp3) is 0.562. The molecule has 0 atom stereocenters. The Morgan fingerprint density at radius 2 is 1.70 bits per heavy atom. The summed E-state index contributed by atoms with van der Waals surface area (Å²) in [6, 6.07) is 9.92. The van der Waals surface area contributed by atoms with Crippen molar-refractivity contribution in [2.75, 3.05) is 11.5 Å². The van der Waals surface area contributed by atoms with E-state index in [0.29, 0.717) is 16.1 Å². The normalized spacial score (nSPS) is 10.9. The third-order valence-corrected chi connectivity index (χ3v) is 6.39. The van der Waals surface area contributed by atoms with Crippen LogP contribution in [0.2, 0.25) is 0 Å². The van der Waals surface area contributed by atoms with Crippen LogP contribution in [0.3, 0.4) is 0 Å². The third-order valence-electron chi connectivity index (χ3n) is 2.75. The second kappa shape index (κ2) is 11.6. The fourth-order valence-electron chi connectivity index (χ4n) is 1.84. The van der Waals surface area contributed by atoms with Crippen LogP contribution in [0.4, 0.5) is 0 Å². The van der Waals surface area contributed by atoms with Gasteiger partial charge in [0.25, 0.3) is 0 Å². The highest BCUT2D eigenvalue weighted by Crippen LogP contribution is 2.28. The summed E-state index contributed by atoms with van der Waals surface area (Å²) in [6.07, 6.45) is 4.09. The maximum atomic E-state index is 11.9. The first-order valence-corrected chi connectivity index (χ1v) is 10.2. The molecule has 20 heavy (non-hydrogen) atoms. The van der Waals surface area contributed by atoms with Crippen molar-refractivity contribution in [2.24, 2.45) is 0 Å². The molecule has 0 radical (unpaired) electrons. The number of unbranched alkanes of at least 4 members (excludes halogenated alkanes) is 1. The average molecular weight is 329 g/mol. The van der Waals surface area contributed by atoms with E-state index in [0.717, 1.165) is 17.7 Å². The van der Waals surface area contributed by atoms with Crippen LogP contribution < -0.4 is 0 Å². The van der Waals surface area contributed by atoms with E-state index in [1.54, 1.807) is 0 Å². The third kappa shape index (κ3) is 8.28. The molecule has 0 aromatic heterocycles. The second-order valence-corrected chi connectivity index (χ2v) is 8.76. The molecule has 1 aromatic carbocycles. The number of hydrogen-bond acceptors (Lipinski definition) is 4. The highest BCUT2D eigenvalue weighted by Gasteiger charge is 2.09. The Morgan fingerprint density at radius 1 is 1.05 bits per heavy atom. The van der Waals surface area contributed by atoms with E-state index in [2.05, 4.69) is 13.8 Å². The Balaban J connectivity index is 2.15. The Hall–Kier alpha value is -0.0600. The summed E-state index contributed by atoms with van der Waals surface area (Å²) in [5, 5.41) is 0.291. The largest absolute Gasteiger partial charge is 0.287 e. The molecule has 1 aromatic rings. The van der Waals surface area contributed by atoms with Gasteiger partial charge in [-0.25, -0.2) is 0 Å². The fourth-order valence-corrected chi connectivity index (χ4v) is 5.25. The van der Waals surface area contributed by atoms with Crippen LogP contribution >= 0.6 is 35.3 Å². The summed E-state index contributed by atoms with van der Waals surface area (Å²) in [7, 11) is 0. The monoisotopic (exact) mass is 328 g/mol. The van der Waals surface area contributed by atoms with E-state index in [9.17, 15) is 4.79 Å². The molecule has 0 unspecified atom stereocenters. The molecule has 0 amide bonds. The Bertz CT molecular complexity index is 361. The summed E-state index contributed by atoms with van der Waals surface area (Å²) in [6.45, 7) is 4.43. The summed E-state index contributed by atoms with van der Waals surface area (Å²) in [4.78, 5) is 12.9. The maximum absolute atomic E-state index is 11.9. The van der Waals surface area contributed by atoms with Crippen molar-refractivity contribution >= 4 is 40.4 Å². The molecular formula is C16H24OS3. The molecule has 0 heterocycles. The second-order valence-electron chi connectivity index (χ2n) is 4.37. The van der Waals surface area contributed by atoms with Crippen LogP contribution in [-0.2, 0) is 4.79 Å². The minimum absolute atomic E-state index is 0.291. The smallest absolute Gasteiger partial charge is 0.193 e. The van der Waals surface area contributed by atoms with Crippen molar-refractivity contribution in [1.82, 2.24) is 0 Å². The predicted molar refractivity (Wildman–Crippen MR) is 95.8 cm³/mol. The van der Waals surface area contributed by atoms with Gasteiger partial charge in [-0.3, -0.25) is 4.79 Å². The van der Waals surface area contributed by atoms with Crippen molar-refractivity contribution in [3.63, 3.8) is 0 Å². The van der Waals surface area contributed by atoms with Crippen LogP contribution in [0.5, 0.6) is 0 Å². The molecule has 0 spiro atoms. The van der Waals surface area contributed by atoms with Gasteiger partial charge in [-0.2, -0.15) is 0 Å². The average Bonchev–Trinajstić information content (AvgIpc) is 2.45. The lowest BCUT2D eigenvalue weighted by Gasteiger charge is -2.13. The standard InChI is InChI=1S/C16H24OS3/c1-3-18-16(19-4-2)13-9-8-12-15(17)20-14-10-6-5-7-11-14/h5-7,10-11,16H,3-4,8-9,12-13H2,1-2H3. The molecule has 0 saturated carbocycles. The number of benzene rings is 1. The molecule has 0 aliphatic rings. The predicted octanol–water partition coefficient (Wildman–Crippen LogP) is 5.70. The van der Waals surface area contributed by atoms with E-state index in [-0.39, 0.29) is 0 Å². The zero-order valence-corrected chi connectivity index (χ0v) is 14.8. The Labute approximate surface area is 136 Å². The maximum Gasteiger partial charge on any atom is 0.193 e. The van der Waals surface area contributed by atoms with E-state index in [4.69, 9.17) is 0 Å². The molecule has 0 aliphatic heterocycles. The van der Waals surface area contributed by atoms with Crippen molar-refractivity contribution in [3.8, 4) is 0 Å². The summed E-state index contributed by atoms with van der Waals surface area (Å²) in [5.74, 6) is 2.36. The van der Waals surface area contributed by atoms with Gasteiger partial charge < -0.3 is 0 Å². The summed E-state index contributed by atoms with van der Waals surface area (Å²) >= 11 is 5.44. The lowest BCUT2D eigenvalue weighted by Crippen LogP contribution is -1.99. The minimum atomic E-state index is 0.291. The molecule has 4 heteroatoms. The molecule has 0 N–H and O–H groups in total. The van der Waals surface area contributed by atoms with Crippen molar-refractivity contribution < 1.29 is 4.79 Å². The van der Waals surface area contributed by atoms with Gasteiger partial charge in [0.05, 0.1) is 4.58 Å². The van der Waals surface area contributed by atoms with Crippen LogP contribution in [0.15, 0.2) is 35.2 Å². The summed E-state index contributed by atoms with van der Waals surface area (Å²) in [5.41, 5.74) is 0. The first-order valence-electron chi connectivity index (χ1n) is 7.25. The topological polar surface area (TPSA) is 17.1 Å². The number of carbonyl (C=O) groups is 1. The van der Waals surface area contributed by atoms with Gasteiger partial charge in [0.2, 0.25) is 0 Å². The molecule has 1 nitrogen and oxygen atoms in total. The molecule has 0 bridgehead atoms. The zero-order valence-electron chi connectivity index (χ0n) is 12.3. The molecule has 1 rings (SSSR count). The molecular weight excluding hydrogens is 304 g/mol. The first-order chi connectivity index (χ1) is 9.76. The van der Waals surface area contributed by atoms with Gasteiger partial charge in [0, 0.05) is 11.3 Å². The quantitative estimate of drug-likeness (QED) is 0.311. The van der Waals surface area contributed by atoms with Crippen molar-refractivity contribution in [2.45, 2.75) is 49.0 Å². The number of carbonyl (C=O) groups excluding carboxylic acids is 1. The van der Waals surface area contributed by atoms with E-state index in [1.807, 2.05) is 53.9 Å². The lowest BCUT2D eigenvalue weighted by atomic mass is 10.2. The van der Waals surface area contributed by atoms with Gasteiger partial charge in [0.1, 0.15) is 0 Å². The Morgan fingerprint density at radius 3 is 2.30 bits per heavy atom.